The third-order valence-corrected chi connectivity index (χ3v) is 6.66. The predicted molar refractivity (Wildman–Crippen MR) is 123 cm³/mol. The number of sulfonamides is 1. The van der Waals surface area contributed by atoms with Crippen molar-refractivity contribution >= 4 is 31.9 Å². The maximum atomic E-state index is 12.9. The highest BCUT2D eigenvalue weighted by molar-refractivity contribution is 9.10. The quantitative estimate of drug-likeness (QED) is 0.467. The van der Waals surface area contributed by atoms with Crippen LogP contribution < -0.4 is 14.8 Å². The highest BCUT2D eigenvalue weighted by Crippen LogP contribution is 2.16. The molecule has 0 saturated carbocycles. The van der Waals surface area contributed by atoms with Gasteiger partial charge in [0.1, 0.15) is 11.8 Å². The first-order valence-corrected chi connectivity index (χ1v) is 11.9. The van der Waals surface area contributed by atoms with E-state index >= 15 is 0 Å². The van der Waals surface area contributed by atoms with Crippen molar-refractivity contribution in [3.8, 4) is 5.75 Å². The molecule has 3 rings (SSSR count). The molecule has 0 saturated heterocycles. The van der Waals surface area contributed by atoms with Crippen LogP contribution in [0.4, 0.5) is 0 Å². The van der Waals surface area contributed by atoms with Gasteiger partial charge in [-0.15, -0.1) is 0 Å². The number of methoxy groups -OCH3 is 1. The Kier molecular flexibility index (Phi) is 7.84. The minimum Gasteiger partial charge on any atom is -0.497 e. The van der Waals surface area contributed by atoms with Gasteiger partial charge in [-0.05, 0) is 53.9 Å². The summed E-state index contributed by atoms with van der Waals surface area (Å²) in [5.41, 5.74) is 1.73. The zero-order valence-corrected chi connectivity index (χ0v) is 19.3. The summed E-state index contributed by atoms with van der Waals surface area (Å²) in [6.07, 6.45) is 0.227. The second-order valence-electron chi connectivity index (χ2n) is 6.88. The topological polar surface area (TPSA) is 84.5 Å². The van der Waals surface area contributed by atoms with Gasteiger partial charge in [0.25, 0.3) is 0 Å². The third-order valence-electron chi connectivity index (χ3n) is 4.65. The van der Waals surface area contributed by atoms with Crippen molar-refractivity contribution in [2.45, 2.75) is 23.9 Å². The summed E-state index contributed by atoms with van der Waals surface area (Å²) in [4.78, 5) is 13.0. The van der Waals surface area contributed by atoms with Crippen LogP contribution in [-0.2, 0) is 27.8 Å². The number of hydrogen-bond acceptors (Lipinski definition) is 4. The molecule has 0 unspecified atom stereocenters. The zero-order chi connectivity index (χ0) is 22.3. The summed E-state index contributed by atoms with van der Waals surface area (Å²) in [7, 11) is -2.30. The molecule has 3 aromatic carbocycles. The fraction of sp³-hybridized carbons (Fsp3) is 0.174. The minimum absolute atomic E-state index is 0.0942. The van der Waals surface area contributed by atoms with Gasteiger partial charge in [-0.3, -0.25) is 4.79 Å². The lowest BCUT2D eigenvalue weighted by Crippen LogP contribution is -2.47. The first kappa shape index (κ1) is 23.0. The van der Waals surface area contributed by atoms with Crippen molar-refractivity contribution in [1.29, 1.82) is 0 Å². The number of hydrogen-bond donors (Lipinski definition) is 2. The second kappa shape index (κ2) is 10.6. The summed E-state index contributed by atoms with van der Waals surface area (Å²) in [5, 5.41) is 2.83. The molecule has 3 aromatic rings. The summed E-state index contributed by atoms with van der Waals surface area (Å²) in [6, 6.07) is 21.9. The molecule has 1 atom stereocenters. The van der Waals surface area contributed by atoms with Gasteiger partial charge in [-0.1, -0.05) is 58.4 Å². The first-order valence-electron chi connectivity index (χ1n) is 9.60. The highest BCUT2D eigenvalue weighted by Gasteiger charge is 2.26. The standard InChI is InChI=1S/C23H23BrN2O4S/c1-30-20-11-7-18(8-12-20)16-25-23(27)22(15-17-5-3-2-4-6-17)26-31(28,29)21-13-9-19(24)10-14-21/h2-14,22,26H,15-16H2,1H3,(H,25,27)/t22-/m0/s1. The molecule has 31 heavy (non-hydrogen) atoms. The van der Waals surface area contributed by atoms with Gasteiger partial charge in [-0.2, -0.15) is 4.72 Å². The minimum atomic E-state index is -3.88. The van der Waals surface area contributed by atoms with Crippen LogP contribution in [0, 0.1) is 0 Å². The number of nitrogens with one attached hydrogen (secondary N) is 2. The fourth-order valence-corrected chi connectivity index (χ4v) is 4.42. The van der Waals surface area contributed by atoms with Crippen LogP contribution in [0.1, 0.15) is 11.1 Å². The van der Waals surface area contributed by atoms with E-state index in [2.05, 4.69) is 26.0 Å². The van der Waals surface area contributed by atoms with Gasteiger partial charge in [0, 0.05) is 11.0 Å². The Morgan fingerprint density at radius 1 is 0.935 bits per heavy atom. The average molecular weight is 503 g/mol. The summed E-state index contributed by atoms with van der Waals surface area (Å²) < 4.78 is 34.2. The number of benzene rings is 3. The average Bonchev–Trinajstić information content (AvgIpc) is 2.78. The van der Waals surface area contributed by atoms with E-state index in [0.29, 0.717) is 0 Å². The number of halogens is 1. The maximum Gasteiger partial charge on any atom is 0.241 e. The van der Waals surface area contributed by atoms with Crippen LogP contribution in [-0.4, -0.2) is 27.5 Å². The zero-order valence-electron chi connectivity index (χ0n) is 16.9. The van der Waals surface area contributed by atoms with Gasteiger partial charge >= 0.3 is 0 Å². The number of amides is 1. The number of carbonyl (C=O) groups is 1. The van der Waals surface area contributed by atoms with Gasteiger partial charge in [-0.25, -0.2) is 8.42 Å². The molecule has 0 aromatic heterocycles. The Morgan fingerprint density at radius 2 is 1.58 bits per heavy atom. The molecule has 0 aliphatic rings. The van der Waals surface area contributed by atoms with Crippen LogP contribution in [0.3, 0.4) is 0 Å². The Morgan fingerprint density at radius 3 is 2.19 bits per heavy atom. The van der Waals surface area contributed by atoms with E-state index in [-0.39, 0.29) is 17.9 Å². The third kappa shape index (κ3) is 6.65. The molecular formula is C23H23BrN2O4S. The van der Waals surface area contributed by atoms with Crippen LogP contribution in [0.5, 0.6) is 5.75 Å². The van der Waals surface area contributed by atoms with Crippen molar-refractivity contribution in [2.75, 3.05) is 7.11 Å². The smallest absolute Gasteiger partial charge is 0.241 e. The Bertz CT molecular complexity index is 1100. The number of ether oxygens (including phenoxy) is 1. The summed E-state index contributed by atoms with van der Waals surface area (Å²) in [5.74, 6) is 0.319. The van der Waals surface area contributed by atoms with E-state index in [1.165, 1.54) is 12.1 Å². The fourth-order valence-electron chi connectivity index (χ4n) is 2.96. The van der Waals surface area contributed by atoms with E-state index in [1.807, 2.05) is 42.5 Å². The first-order chi connectivity index (χ1) is 14.9. The monoisotopic (exact) mass is 502 g/mol. The van der Waals surface area contributed by atoms with E-state index in [9.17, 15) is 13.2 Å². The molecule has 0 aliphatic carbocycles. The largest absolute Gasteiger partial charge is 0.497 e. The van der Waals surface area contributed by atoms with Gasteiger partial charge in [0.15, 0.2) is 0 Å². The van der Waals surface area contributed by atoms with E-state index in [0.717, 1.165) is 21.3 Å². The lowest BCUT2D eigenvalue weighted by atomic mass is 10.1. The SMILES string of the molecule is COc1ccc(CNC(=O)[C@H](Cc2ccccc2)NS(=O)(=O)c2ccc(Br)cc2)cc1. The second-order valence-corrected chi connectivity index (χ2v) is 9.51. The summed E-state index contributed by atoms with van der Waals surface area (Å²) >= 11 is 3.30. The molecular weight excluding hydrogens is 480 g/mol. The molecule has 1 amide bonds. The maximum absolute atomic E-state index is 12.9. The lowest BCUT2D eigenvalue weighted by molar-refractivity contribution is -0.122. The van der Waals surface area contributed by atoms with Crippen LogP contribution >= 0.6 is 15.9 Å². The Balaban J connectivity index is 1.76. The molecule has 8 heteroatoms. The van der Waals surface area contributed by atoms with Crippen LogP contribution in [0.2, 0.25) is 0 Å². The molecule has 0 fully saturated rings. The van der Waals surface area contributed by atoms with Crippen molar-refractivity contribution in [3.05, 3.63) is 94.5 Å². The van der Waals surface area contributed by atoms with E-state index < -0.39 is 22.0 Å². The summed E-state index contributed by atoms with van der Waals surface area (Å²) in [6.45, 7) is 0.272. The Labute approximate surface area is 190 Å². The van der Waals surface area contributed by atoms with E-state index in [1.54, 1.807) is 31.4 Å². The van der Waals surface area contributed by atoms with Gasteiger partial charge in [0.2, 0.25) is 15.9 Å². The Hall–Kier alpha value is -2.68. The molecule has 162 valence electrons. The predicted octanol–water partition coefficient (Wildman–Crippen LogP) is 3.66. The molecule has 0 aliphatic heterocycles. The molecule has 0 radical (unpaired) electrons. The van der Waals surface area contributed by atoms with Crippen LogP contribution in [0.15, 0.2) is 88.2 Å². The molecule has 0 spiro atoms. The lowest BCUT2D eigenvalue weighted by Gasteiger charge is -2.19. The molecule has 6 nitrogen and oxygen atoms in total. The molecule has 0 bridgehead atoms. The molecule has 2 N–H and O–H groups in total. The highest BCUT2D eigenvalue weighted by atomic mass is 79.9. The van der Waals surface area contributed by atoms with Gasteiger partial charge < -0.3 is 10.1 Å². The van der Waals surface area contributed by atoms with E-state index in [4.69, 9.17) is 4.74 Å². The van der Waals surface area contributed by atoms with Crippen molar-refractivity contribution in [3.63, 3.8) is 0 Å². The van der Waals surface area contributed by atoms with Crippen molar-refractivity contribution < 1.29 is 17.9 Å². The van der Waals surface area contributed by atoms with Crippen LogP contribution in [0.25, 0.3) is 0 Å². The number of rotatable bonds is 9. The molecule has 0 heterocycles. The van der Waals surface area contributed by atoms with Crippen molar-refractivity contribution in [1.82, 2.24) is 10.0 Å². The van der Waals surface area contributed by atoms with Gasteiger partial charge in [0.05, 0.1) is 12.0 Å². The number of carbonyl (C=O) groups excluding carboxylic acids is 1. The normalized spacial score (nSPS) is 12.2. The van der Waals surface area contributed by atoms with Crippen molar-refractivity contribution in [2.24, 2.45) is 0 Å².